The molecule has 0 aliphatic carbocycles. The summed E-state index contributed by atoms with van der Waals surface area (Å²) in [6.07, 6.45) is 17.1. The SMILES string of the molecule is CC(C)(C)OC(=O)N1CCC(C(=O)O)CC1.COC(=O)Cl.Cc1cccc(-c2nccc(Nc3ccnc(Nc4csc(C(=O)O)c4)n3)n2)n1.Cc1cccc(-c2nccc(Nc3ccnc(Nc4csc(N)c4)n3)n2)n1.Cc1cccc(-c2nccc(Nc3ccnc(Nc4csc(N=C=O)c4)n3)n2)n1.Cc1cccc(-c2nccc(Nc3ccnc(Nc4csc(NC(=O)C5CCNCC5)c4)n3)n2)n1. The van der Waals surface area contributed by atoms with Crippen LogP contribution in [0.3, 0.4) is 0 Å². The van der Waals surface area contributed by atoms with Crippen molar-refractivity contribution in [3.8, 4) is 46.1 Å². The summed E-state index contributed by atoms with van der Waals surface area (Å²) in [7, 11) is 1.22. The van der Waals surface area contributed by atoms with Crippen molar-refractivity contribution in [3.05, 3.63) is 244 Å². The molecule has 18 rings (SSSR count). The Morgan fingerprint density at radius 2 is 0.794 bits per heavy atom. The number of nitrogens with zero attached hydrogens (tertiary/aromatic N) is 22. The van der Waals surface area contributed by atoms with Gasteiger partial charge in [0.1, 0.15) is 84.8 Å². The molecule has 0 unspecified atom stereocenters. The Labute approximate surface area is 827 Å². The highest BCUT2D eigenvalue weighted by atomic mass is 35.5. The number of hydrogen-bond acceptors (Lipinski definition) is 43. The van der Waals surface area contributed by atoms with E-state index in [9.17, 15) is 28.8 Å². The molecule has 2 aliphatic rings. The number of anilines is 18. The second-order valence-corrected chi connectivity index (χ2v) is 35.1. The largest absolute Gasteiger partial charge is 0.481 e. The van der Waals surface area contributed by atoms with E-state index in [-0.39, 0.29) is 28.7 Å². The Kier molecular flexibility index (Phi) is 36.1. The molecule has 48 heteroatoms. The Hall–Kier alpha value is -17.0. The van der Waals surface area contributed by atoms with Crippen molar-refractivity contribution in [3.63, 3.8) is 0 Å². The Morgan fingerprint density at radius 1 is 0.447 bits per heavy atom. The van der Waals surface area contributed by atoms with Gasteiger partial charge < -0.3 is 83.5 Å². The van der Waals surface area contributed by atoms with Gasteiger partial charge in [0.05, 0.1) is 45.8 Å². The molecule has 0 spiro atoms. The van der Waals surface area contributed by atoms with Crippen LogP contribution in [0, 0.1) is 39.5 Å². The number of ether oxygens (including phenoxy) is 2. The lowest BCUT2D eigenvalue weighted by Gasteiger charge is -2.32. The Morgan fingerprint density at radius 3 is 1.13 bits per heavy atom. The lowest BCUT2D eigenvalue weighted by Crippen LogP contribution is -2.42. The van der Waals surface area contributed by atoms with E-state index in [4.69, 9.17) is 20.7 Å². The summed E-state index contributed by atoms with van der Waals surface area (Å²) in [6.45, 7) is 15.8. The number of aromatic carboxylic acids is 1. The fraction of sp³-hybridized carbons (Fsp3) is 0.204. The van der Waals surface area contributed by atoms with Gasteiger partial charge in [-0.15, -0.1) is 45.3 Å². The number of carboxylic acids is 2. The number of likely N-dealkylation sites (tertiary alicyclic amines) is 1. The standard InChI is InChI=1S/C24H25N9OS.C19H14N8OS.C19H15N7O2S.C18H16N8S.C11H19NO4.C2H3ClO2/c1-15-3-2-4-18(28-15)22-26-11-7-19(31-22)30-20-8-12-27-24(32-20)29-17-13-21(35-14-17)33-23(34)16-5-9-25-10-6-16;1-12-3-2-4-14(23-12)18-20-7-5-15(26-18)25-16-6-8-21-19(27-16)24-13-9-17(22-11-28)29-10-13;1-11-3-2-4-13(22-11)17-20-7-5-15(25-17)24-16-6-8-21-19(26-16)23-12-9-14(18(27)28)29-10-12;1-11-3-2-4-13(22-11)17-20-7-5-15(25-17)24-16-6-8-21-18(26-16)23-12-9-14(19)27-10-12;1-11(2,3)16-10(15)12-6-4-8(5-7-12)9(13)14;1-5-2(3)4/h2-4,7-8,11-14,16,25H,5-6,9-10H2,1H3,(H,33,34)(H2,26,27,29,30,31,32);2-10H,1H3,(H2,20,21,24,25,26,27);2-10H,1H3,(H,27,28)(H2,20,21,23,24,25,26);2-10H,19H2,1H3,(H2,20,21,23,24,25,26);8H,4-7H2,1-3H3,(H,13,14);1H3. The average molecular weight is 2000 g/mol. The number of nitrogens with two attached hydrogens (primary N) is 1. The van der Waals surface area contributed by atoms with Gasteiger partial charge in [-0.25, -0.2) is 98.9 Å². The molecule has 18 heterocycles. The summed E-state index contributed by atoms with van der Waals surface area (Å²) in [4.78, 5) is 159. The van der Waals surface area contributed by atoms with Gasteiger partial charge in [-0.1, -0.05) is 24.3 Å². The third-order valence-electron chi connectivity index (χ3n) is 19.1. The number of nitrogens with one attached hydrogen (secondary N) is 10. The van der Waals surface area contributed by atoms with E-state index in [0.29, 0.717) is 147 Å². The molecule has 0 atom stereocenters. The molecule has 0 aromatic carbocycles. The number of thiophene rings is 4. The quantitative estimate of drug-likeness (QED) is 0.0144. The maximum Gasteiger partial charge on any atom is 0.410 e. The van der Waals surface area contributed by atoms with Gasteiger partial charge in [0.2, 0.25) is 35.8 Å². The number of nitrogen functional groups attached to an aromatic ring is 1. The number of aryl methyl sites for hydroxylation is 4. The zero-order chi connectivity index (χ0) is 99.6. The number of aliphatic carboxylic acids is 1. The zero-order valence-corrected chi connectivity index (χ0v) is 80.7. The second-order valence-electron chi connectivity index (χ2n) is 31.1. The smallest absolute Gasteiger partial charge is 0.410 e. The van der Waals surface area contributed by atoms with Gasteiger partial charge in [0.25, 0.3) is 0 Å². The number of pyridine rings is 4. The molecule has 16 aromatic rings. The number of carboxylic acid groups (broad SMARTS) is 2. The van der Waals surface area contributed by atoms with Gasteiger partial charge in [0, 0.05) is 124 Å². The van der Waals surface area contributed by atoms with Crippen LogP contribution >= 0.6 is 56.9 Å². The van der Waals surface area contributed by atoms with Crippen LogP contribution in [0.5, 0.6) is 0 Å². The summed E-state index contributed by atoms with van der Waals surface area (Å²) in [6, 6.07) is 43.8. The molecule has 720 valence electrons. The van der Waals surface area contributed by atoms with Crippen molar-refractivity contribution in [2.75, 3.05) is 86.9 Å². The van der Waals surface area contributed by atoms with Crippen LogP contribution in [0.2, 0.25) is 0 Å². The number of methoxy groups -OCH3 is 1. The molecule has 2 fully saturated rings. The maximum absolute atomic E-state index is 12.5. The van der Waals surface area contributed by atoms with Crippen LogP contribution in [0.4, 0.5) is 118 Å². The Bertz CT molecular complexity index is 6840. The fourth-order valence-electron chi connectivity index (χ4n) is 12.7. The van der Waals surface area contributed by atoms with E-state index in [0.717, 1.165) is 92.8 Å². The highest BCUT2D eigenvalue weighted by Gasteiger charge is 2.30. The zero-order valence-electron chi connectivity index (χ0n) is 76.7. The predicted molar refractivity (Wildman–Crippen MR) is 541 cm³/mol. The number of aromatic nitrogens is 20. The van der Waals surface area contributed by atoms with Crippen LogP contribution < -0.4 is 58.9 Å². The van der Waals surface area contributed by atoms with Crippen molar-refractivity contribution >= 4 is 200 Å². The molecule has 43 nitrogen and oxygen atoms in total. The number of piperidine rings is 2. The van der Waals surface area contributed by atoms with Gasteiger partial charge in [0.15, 0.2) is 23.3 Å². The topological polar surface area (TPSA) is 581 Å². The number of carbonyl (C=O) groups excluding carboxylic acids is 4. The number of carbonyl (C=O) groups is 5. The Balaban J connectivity index is 0.000000149. The molecule has 14 N–H and O–H groups in total. The molecule has 141 heavy (non-hydrogen) atoms. The maximum atomic E-state index is 12.5. The second kappa shape index (κ2) is 50.2. The van der Waals surface area contributed by atoms with E-state index >= 15 is 0 Å². The number of isocyanates is 1. The minimum atomic E-state index is -0.970. The van der Waals surface area contributed by atoms with E-state index in [1.54, 1.807) is 114 Å². The van der Waals surface area contributed by atoms with Crippen molar-refractivity contribution in [2.45, 2.75) is 79.8 Å². The summed E-state index contributed by atoms with van der Waals surface area (Å²) < 4.78 is 9.09. The summed E-state index contributed by atoms with van der Waals surface area (Å²) in [5.74, 6) is 6.44. The molecule has 2 amide bonds. The van der Waals surface area contributed by atoms with Crippen molar-refractivity contribution < 1.29 is 48.5 Å². The van der Waals surface area contributed by atoms with Crippen LogP contribution in [-0.2, 0) is 23.9 Å². The van der Waals surface area contributed by atoms with Crippen LogP contribution in [0.15, 0.2) is 222 Å². The lowest BCUT2D eigenvalue weighted by atomic mass is 9.97. The van der Waals surface area contributed by atoms with Crippen LogP contribution in [-0.4, -0.2) is 189 Å². The van der Waals surface area contributed by atoms with Crippen molar-refractivity contribution in [1.82, 2.24) is 110 Å². The minimum Gasteiger partial charge on any atom is -0.481 e. The molecule has 0 bridgehead atoms. The number of rotatable bonds is 25. The fourth-order valence-corrected chi connectivity index (χ4v) is 15.4. The van der Waals surface area contributed by atoms with Gasteiger partial charge in [-0.3, -0.25) is 9.59 Å². The summed E-state index contributed by atoms with van der Waals surface area (Å²) in [5, 5.41) is 58.5. The highest BCUT2D eigenvalue weighted by molar-refractivity contribution is 7.15. The van der Waals surface area contributed by atoms with Crippen LogP contribution in [0.25, 0.3) is 46.1 Å². The van der Waals surface area contributed by atoms with E-state index in [2.05, 4.69) is 174 Å². The first-order valence-electron chi connectivity index (χ1n) is 43.0. The normalized spacial score (nSPS) is 12.0. The number of halogens is 1. The highest BCUT2D eigenvalue weighted by Crippen LogP contribution is 2.33. The monoisotopic (exact) mass is 1990 g/mol. The average Bonchev–Trinajstić information content (AvgIpc) is 1.40. The molecule has 16 aromatic heterocycles. The van der Waals surface area contributed by atoms with Gasteiger partial charge >= 0.3 is 23.5 Å². The molecular weight excluding hydrogens is 1900 g/mol. The molecule has 2 saturated heterocycles. The van der Waals surface area contributed by atoms with E-state index in [1.165, 1.54) is 53.3 Å². The van der Waals surface area contributed by atoms with E-state index < -0.39 is 23.0 Å². The van der Waals surface area contributed by atoms with Gasteiger partial charge in [-0.2, -0.15) is 24.9 Å². The number of aliphatic imine (C=N–C) groups is 1. The minimum absolute atomic E-state index is 0.0601. The van der Waals surface area contributed by atoms with E-state index in [1.807, 2.05) is 150 Å². The van der Waals surface area contributed by atoms with Crippen LogP contribution in [0.1, 0.15) is 78.9 Å². The molecule has 0 saturated carbocycles. The predicted octanol–water partition coefficient (Wildman–Crippen LogP) is 18.6. The summed E-state index contributed by atoms with van der Waals surface area (Å²) in [5.41, 5.74) is 13.9. The lowest BCUT2D eigenvalue weighted by molar-refractivity contribution is -0.143. The number of hydrogen-bond donors (Lipinski definition) is 13. The number of amides is 2. The van der Waals surface area contributed by atoms with Crippen molar-refractivity contribution in [1.29, 1.82) is 0 Å². The first-order valence-corrected chi connectivity index (χ1v) is 46.9. The molecule has 0 radical (unpaired) electrons. The van der Waals surface area contributed by atoms with Crippen molar-refractivity contribution in [2.24, 2.45) is 16.8 Å². The first-order chi connectivity index (χ1) is 68.1. The third kappa shape index (κ3) is 32.6. The first kappa shape index (κ1) is 101. The third-order valence-corrected chi connectivity index (χ3v) is 22.6. The summed E-state index contributed by atoms with van der Waals surface area (Å²) >= 11 is 9.96. The molecule has 2 aliphatic heterocycles. The molecular formula is C93H92ClN33O10S4. The van der Waals surface area contributed by atoms with Gasteiger partial charge in [-0.05, 0) is 209 Å².